The molecule has 1 N–H and O–H groups in total. The van der Waals surface area contributed by atoms with Crippen LogP contribution in [0, 0.1) is 5.92 Å². The van der Waals surface area contributed by atoms with Crippen LogP contribution in [0.4, 0.5) is 0 Å². The number of hydrogen-bond donors (Lipinski definition) is 1. The summed E-state index contributed by atoms with van der Waals surface area (Å²) in [4.78, 5) is 2.26. The Balaban J connectivity index is 3.07. The van der Waals surface area contributed by atoms with Gasteiger partial charge in [-0.25, -0.2) is 0 Å². The lowest BCUT2D eigenvalue weighted by molar-refractivity contribution is 0.124. The van der Waals surface area contributed by atoms with Gasteiger partial charge in [0.25, 0.3) is 0 Å². The highest BCUT2D eigenvalue weighted by Gasteiger charge is 1.97. The van der Waals surface area contributed by atoms with Crippen LogP contribution in [-0.2, 0) is 9.47 Å². The molecule has 0 aromatic rings. The molecule has 0 atom stereocenters. The van der Waals surface area contributed by atoms with Crippen LogP contribution in [0.2, 0.25) is 0 Å². The molecule has 0 bridgehead atoms. The minimum absolute atomic E-state index is 0.734. The summed E-state index contributed by atoms with van der Waals surface area (Å²) in [6.07, 6.45) is 1.15. The van der Waals surface area contributed by atoms with E-state index in [1.807, 2.05) is 0 Å². The van der Waals surface area contributed by atoms with Gasteiger partial charge in [-0.15, -0.1) is 0 Å². The fraction of sp³-hybridized carbons (Fsp3) is 1.00. The predicted octanol–water partition coefficient (Wildman–Crippen LogP) is 1.22. The molecule has 0 fully saturated rings. The summed E-state index contributed by atoms with van der Waals surface area (Å²) < 4.78 is 10.5. The van der Waals surface area contributed by atoms with Crippen LogP contribution in [0.15, 0.2) is 0 Å². The second-order valence-corrected chi connectivity index (χ2v) is 4.84. The van der Waals surface area contributed by atoms with E-state index < -0.39 is 0 Å². The average molecular weight is 246 g/mol. The van der Waals surface area contributed by atoms with Gasteiger partial charge in [0.1, 0.15) is 0 Å². The zero-order chi connectivity index (χ0) is 12.9. The average Bonchev–Trinajstić information content (AvgIpc) is 2.29. The fourth-order valence-electron chi connectivity index (χ4n) is 1.32. The van der Waals surface area contributed by atoms with Crippen LogP contribution in [0.3, 0.4) is 0 Å². The molecule has 0 amide bonds. The van der Waals surface area contributed by atoms with Crippen LogP contribution < -0.4 is 5.32 Å². The molecule has 0 spiro atoms. The molecule has 0 aliphatic heterocycles. The Kier molecular flexibility index (Phi) is 12.2. The monoisotopic (exact) mass is 246 g/mol. The van der Waals surface area contributed by atoms with Crippen LogP contribution in [-0.4, -0.2) is 65.1 Å². The molecule has 0 aliphatic carbocycles. The first-order valence-electron chi connectivity index (χ1n) is 6.62. The van der Waals surface area contributed by atoms with Crippen molar-refractivity contribution in [2.24, 2.45) is 5.92 Å². The van der Waals surface area contributed by atoms with Gasteiger partial charge in [0.2, 0.25) is 0 Å². The Morgan fingerprint density at radius 2 is 1.82 bits per heavy atom. The first-order valence-corrected chi connectivity index (χ1v) is 6.62. The molecular weight excluding hydrogens is 216 g/mol. The highest BCUT2D eigenvalue weighted by molar-refractivity contribution is 4.54. The normalized spacial score (nSPS) is 11.6. The molecule has 0 aromatic heterocycles. The summed E-state index contributed by atoms with van der Waals surface area (Å²) in [6, 6.07) is 0. The lowest BCUT2D eigenvalue weighted by Crippen LogP contribution is -2.32. The van der Waals surface area contributed by atoms with Gasteiger partial charge in [0.05, 0.1) is 13.2 Å². The maximum atomic E-state index is 5.52. The Bertz CT molecular complexity index is 154. The maximum absolute atomic E-state index is 5.52. The van der Waals surface area contributed by atoms with E-state index in [2.05, 4.69) is 31.1 Å². The van der Waals surface area contributed by atoms with Gasteiger partial charge in [-0.3, -0.25) is 0 Å². The smallest absolute Gasteiger partial charge is 0.0590 e. The van der Waals surface area contributed by atoms with Gasteiger partial charge in [0, 0.05) is 39.9 Å². The van der Waals surface area contributed by atoms with E-state index in [4.69, 9.17) is 9.47 Å². The quantitative estimate of drug-likeness (QED) is 0.525. The van der Waals surface area contributed by atoms with Crippen molar-refractivity contribution in [2.75, 3.05) is 60.2 Å². The summed E-state index contributed by atoms with van der Waals surface area (Å²) in [6.45, 7) is 10.9. The van der Waals surface area contributed by atoms with Gasteiger partial charge in [-0.05, 0) is 19.4 Å². The minimum Gasteiger partial charge on any atom is -0.383 e. The molecule has 0 saturated carbocycles. The molecule has 0 saturated heterocycles. The van der Waals surface area contributed by atoms with E-state index in [1.54, 1.807) is 7.11 Å². The lowest BCUT2D eigenvalue weighted by atomic mass is 10.1. The molecule has 17 heavy (non-hydrogen) atoms. The molecule has 4 heteroatoms. The SMILES string of the molecule is COCCN(C)CCNCCOCCC(C)C. The Morgan fingerprint density at radius 3 is 2.47 bits per heavy atom. The van der Waals surface area contributed by atoms with Crippen molar-refractivity contribution in [3.8, 4) is 0 Å². The zero-order valence-corrected chi connectivity index (χ0v) is 12.0. The molecule has 0 aromatic carbocycles. The molecule has 4 nitrogen and oxygen atoms in total. The fourth-order valence-corrected chi connectivity index (χ4v) is 1.32. The summed E-state index contributed by atoms with van der Waals surface area (Å²) in [5.41, 5.74) is 0. The standard InChI is InChI=1S/C13H30N2O2/c1-13(2)5-10-17-11-7-14-6-8-15(3)9-12-16-4/h13-14H,5-12H2,1-4H3. The summed E-state index contributed by atoms with van der Waals surface area (Å²) in [5, 5.41) is 3.37. The Hall–Kier alpha value is -0.160. The molecular formula is C13H30N2O2. The molecule has 0 rings (SSSR count). The van der Waals surface area contributed by atoms with Crippen LogP contribution in [0.5, 0.6) is 0 Å². The van der Waals surface area contributed by atoms with Crippen molar-refractivity contribution in [1.82, 2.24) is 10.2 Å². The van der Waals surface area contributed by atoms with Crippen molar-refractivity contribution >= 4 is 0 Å². The minimum atomic E-state index is 0.734. The lowest BCUT2D eigenvalue weighted by Gasteiger charge is -2.16. The molecule has 0 heterocycles. The summed E-state index contributed by atoms with van der Waals surface area (Å²) in [5.74, 6) is 0.734. The molecule has 0 unspecified atom stereocenters. The highest BCUT2D eigenvalue weighted by atomic mass is 16.5. The van der Waals surface area contributed by atoms with Gasteiger partial charge >= 0.3 is 0 Å². The van der Waals surface area contributed by atoms with Gasteiger partial charge in [-0.2, -0.15) is 0 Å². The third-order valence-corrected chi connectivity index (χ3v) is 2.61. The Morgan fingerprint density at radius 1 is 1.06 bits per heavy atom. The highest BCUT2D eigenvalue weighted by Crippen LogP contribution is 1.98. The number of nitrogens with one attached hydrogen (secondary N) is 1. The third kappa shape index (κ3) is 13.8. The third-order valence-electron chi connectivity index (χ3n) is 2.61. The topological polar surface area (TPSA) is 33.7 Å². The van der Waals surface area contributed by atoms with E-state index in [1.165, 1.54) is 0 Å². The zero-order valence-electron chi connectivity index (χ0n) is 12.0. The van der Waals surface area contributed by atoms with Gasteiger partial charge in [-0.1, -0.05) is 13.8 Å². The van der Waals surface area contributed by atoms with E-state index in [-0.39, 0.29) is 0 Å². The Labute approximate surface area is 107 Å². The van der Waals surface area contributed by atoms with Crippen molar-refractivity contribution in [3.05, 3.63) is 0 Å². The van der Waals surface area contributed by atoms with Crippen LogP contribution in [0.25, 0.3) is 0 Å². The molecule has 0 radical (unpaired) electrons. The van der Waals surface area contributed by atoms with E-state index >= 15 is 0 Å². The number of ether oxygens (including phenoxy) is 2. The van der Waals surface area contributed by atoms with Crippen molar-refractivity contribution in [3.63, 3.8) is 0 Å². The molecule has 0 aliphatic rings. The largest absolute Gasteiger partial charge is 0.383 e. The van der Waals surface area contributed by atoms with Crippen molar-refractivity contribution < 1.29 is 9.47 Å². The first-order chi connectivity index (χ1) is 8.16. The maximum Gasteiger partial charge on any atom is 0.0590 e. The first kappa shape index (κ1) is 16.8. The summed E-state index contributed by atoms with van der Waals surface area (Å²) in [7, 11) is 3.85. The van der Waals surface area contributed by atoms with Gasteiger partial charge in [0.15, 0.2) is 0 Å². The number of nitrogens with zero attached hydrogens (tertiary/aromatic N) is 1. The van der Waals surface area contributed by atoms with E-state index in [9.17, 15) is 0 Å². The number of hydrogen-bond acceptors (Lipinski definition) is 4. The van der Waals surface area contributed by atoms with E-state index in [0.717, 1.165) is 58.3 Å². The molecule has 104 valence electrons. The number of rotatable bonds is 12. The van der Waals surface area contributed by atoms with Gasteiger partial charge < -0.3 is 19.7 Å². The van der Waals surface area contributed by atoms with Crippen molar-refractivity contribution in [1.29, 1.82) is 0 Å². The second kappa shape index (κ2) is 12.3. The number of likely N-dealkylation sites (N-methyl/N-ethyl adjacent to an activating group) is 1. The summed E-state index contributed by atoms with van der Waals surface area (Å²) >= 11 is 0. The van der Waals surface area contributed by atoms with E-state index in [0.29, 0.717) is 0 Å². The van der Waals surface area contributed by atoms with Crippen molar-refractivity contribution in [2.45, 2.75) is 20.3 Å². The van der Waals surface area contributed by atoms with Crippen LogP contribution >= 0.6 is 0 Å². The number of methoxy groups -OCH3 is 1. The van der Waals surface area contributed by atoms with Crippen LogP contribution in [0.1, 0.15) is 20.3 Å². The predicted molar refractivity (Wildman–Crippen MR) is 72.5 cm³/mol. The second-order valence-electron chi connectivity index (χ2n) is 4.84.